The Morgan fingerprint density at radius 1 is 0.689 bits per heavy atom. The van der Waals surface area contributed by atoms with Gasteiger partial charge in [0.1, 0.15) is 11.6 Å². The number of ether oxygens (including phenoxy) is 1. The summed E-state index contributed by atoms with van der Waals surface area (Å²) in [5, 5.41) is 37.6. The summed E-state index contributed by atoms with van der Waals surface area (Å²) in [6.45, 7) is 10.0. The van der Waals surface area contributed by atoms with Crippen LogP contribution >= 0.6 is 11.6 Å². The van der Waals surface area contributed by atoms with E-state index in [4.69, 9.17) is 16.3 Å². The number of quaternary nitrogens is 1. The number of hydrogen-bond donors (Lipinski definition) is 5. The van der Waals surface area contributed by atoms with Crippen LogP contribution in [0.1, 0.15) is 111 Å². The van der Waals surface area contributed by atoms with Crippen molar-refractivity contribution in [2.45, 2.75) is 116 Å². The number of aryl methyl sites for hydroxylation is 2. The second-order valence-corrected chi connectivity index (χ2v) is 20.3. The van der Waals surface area contributed by atoms with Crippen molar-refractivity contribution in [2.75, 3.05) is 13.2 Å². The molecule has 0 aliphatic heterocycles. The summed E-state index contributed by atoms with van der Waals surface area (Å²) in [6.07, 6.45) is 15.3. The van der Waals surface area contributed by atoms with Crippen molar-refractivity contribution < 1.29 is 51.5 Å². The third-order valence-corrected chi connectivity index (χ3v) is 16.0. The molecule has 4 aliphatic rings. The molecule has 74 heavy (non-hydrogen) atoms. The van der Waals surface area contributed by atoms with Crippen molar-refractivity contribution >= 4 is 35.2 Å². The highest BCUT2D eigenvalue weighted by molar-refractivity contribution is 6.62. The van der Waals surface area contributed by atoms with Gasteiger partial charge in [-0.2, -0.15) is 10.2 Å². The van der Waals surface area contributed by atoms with Gasteiger partial charge in [0.2, 0.25) is 0 Å². The lowest BCUT2D eigenvalue weighted by molar-refractivity contribution is -0.386. The molecule has 0 spiro atoms. The molecule has 2 amide bonds. The van der Waals surface area contributed by atoms with E-state index in [0.29, 0.717) is 45.4 Å². The van der Waals surface area contributed by atoms with Crippen LogP contribution in [-0.2, 0) is 43.5 Å². The van der Waals surface area contributed by atoms with E-state index in [1.165, 1.54) is 46.5 Å². The number of carbonyl (C=O) groups is 2. The van der Waals surface area contributed by atoms with Gasteiger partial charge in [-0.1, -0.05) is 73.5 Å². The van der Waals surface area contributed by atoms with Crippen LogP contribution in [-0.4, -0.2) is 65.6 Å². The lowest BCUT2D eigenvalue weighted by atomic mass is 9.65. The average molecular weight is 1050 g/mol. The molecule has 4 aromatic carbocycles. The number of benzene rings is 4. The summed E-state index contributed by atoms with van der Waals surface area (Å²) in [5.74, 6) is -0.526. The van der Waals surface area contributed by atoms with Crippen molar-refractivity contribution in [1.82, 2.24) is 30.2 Å². The Morgan fingerprint density at radius 3 is 1.53 bits per heavy atom. The lowest BCUT2D eigenvalue weighted by Crippen LogP contribution is -3.00. The highest BCUT2D eigenvalue weighted by Gasteiger charge is 2.56. The molecular formula is C58H67Cl2F2N7O5. The smallest absolute Gasteiger partial charge is 0.407 e. The van der Waals surface area contributed by atoms with Gasteiger partial charge in [-0.25, -0.2) is 22.9 Å². The summed E-state index contributed by atoms with van der Waals surface area (Å²) in [7, 11) is 0. The Bertz CT molecular complexity index is 3000. The molecule has 2 saturated carbocycles. The minimum absolute atomic E-state index is 0. The minimum atomic E-state index is -0.851. The first-order valence-electron chi connectivity index (χ1n) is 25.3. The highest BCUT2D eigenvalue weighted by atomic mass is 35.5. The van der Waals surface area contributed by atoms with Crippen molar-refractivity contribution in [3.8, 4) is 11.4 Å². The first kappa shape index (κ1) is 55.6. The van der Waals surface area contributed by atoms with E-state index in [2.05, 4.69) is 82.9 Å². The Balaban J connectivity index is 0.000000194. The van der Waals surface area contributed by atoms with Gasteiger partial charge in [-0.15, -0.1) is 0 Å². The first-order valence-corrected chi connectivity index (χ1v) is 25.7. The van der Waals surface area contributed by atoms with E-state index in [1.54, 1.807) is 38.1 Å². The minimum Gasteiger partial charge on any atom is -1.00 e. The number of aliphatic hydroxyl groups is 2. The molecule has 0 radical (unpaired) electrons. The maximum Gasteiger partial charge on any atom is 0.407 e. The number of aromatic nitrogens is 4. The lowest BCUT2D eigenvalue weighted by Gasteiger charge is -2.42. The van der Waals surface area contributed by atoms with Gasteiger partial charge in [-0.3, -0.25) is 4.79 Å². The zero-order valence-corrected chi connectivity index (χ0v) is 44.1. The second kappa shape index (κ2) is 23.6. The Kier molecular flexibility index (Phi) is 17.7. The van der Waals surface area contributed by atoms with Crippen LogP contribution in [0.25, 0.3) is 23.5 Å². The predicted octanol–water partition coefficient (Wildman–Crippen LogP) is 7.18. The van der Waals surface area contributed by atoms with Crippen LogP contribution in [0.5, 0.6) is 0 Å². The standard InChI is InChI=1S/C29H32FN3O3.C26H28FN3O.C3H6ClNO.ClH/c1-3-36-27(34)31-18-21-7-5-4-6-20(21)12-14-29(35)15-13-23-16-26-22(17-28(23,29)2)19-32-33(26)25-10-8-24(30)9-11-25;1-25-15-20-17-29-30(23-8-6-22(27)7-9-23)24(20)14-21(25)11-13-26(25,31)12-10-18-4-2-3-5-19(18)16-28;1-2-5-3(4)6;/h4-11,16,19,35H,3,12-15,17-18H2,1-2H3,(H,31,34);2-9,14,17,31H,10-13,15-16,28H2,1H3;2H2,1H3,(H,5,6);1H/t28-,29-;25-,26-;;/m00../s1. The SMILES string of the molecule is CCNC(=O)Cl.CCOC(=O)NCc1ccccc1CC[C@]1(O)CCC2=Cc3c(cnn3-c3ccc(F)cc3)C[C@@]21C.C[C@]12Cc3cnn(-c4ccc(F)cc4)c3C=C1CC[C@@]2(O)CCc1ccccc1C[NH3+].[Cl-]. The van der Waals surface area contributed by atoms with E-state index in [0.717, 1.165) is 90.1 Å². The maximum absolute atomic E-state index is 13.4. The molecule has 2 fully saturated rings. The molecule has 0 saturated heterocycles. The molecule has 0 bridgehead atoms. The van der Waals surface area contributed by atoms with E-state index in [9.17, 15) is 28.6 Å². The Morgan fingerprint density at radius 2 is 1.12 bits per heavy atom. The van der Waals surface area contributed by atoms with Crippen LogP contribution < -0.4 is 28.8 Å². The number of rotatable bonds is 13. The fraction of sp³-hybridized carbons (Fsp3) is 0.379. The molecular weight excluding hydrogens is 984 g/mol. The monoisotopic (exact) mass is 1050 g/mol. The van der Waals surface area contributed by atoms with E-state index in [-0.39, 0.29) is 34.9 Å². The van der Waals surface area contributed by atoms with Crippen LogP contribution in [0.2, 0.25) is 0 Å². The van der Waals surface area contributed by atoms with Gasteiger partial charge in [-0.05, 0) is 178 Å². The van der Waals surface area contributed by atoms with Crippen molar-refractivity contribution in [2.24, 2.45) is 10.8 Å². The number of amides is 2. The van der Waals surface area contributed by atoms with Gasteiger partial charge in [0, 0.05) is 29.5 Å². The number of alkyl carbamates (subject to hydrolysis) is 1. The Hall–Kier alpha value is -6.16. The molecule has 6 aromatic rings. The van der Waals surface area contributed by atoms with Gasteiger partial charge < -0.3 is 43.7 Å². The molecule has 16 heteroatoms. The third kappa shape index (κ3) is 11.5. The molecule has 2 aromatic heterocycles. The summed E-state index contributed by atoms with van der Waals surface area (Å²) in [6, 6.07) is 29.2. The number of fused-ring (bicyclic) bond motifs is 4. The van der Waals surface area contributed by atoms with Gasteiger partial charge in [0.15, 0.2) is 0 Å². The molecule has 4 aliphatic carbocycles. The maximum atomic E-state index is 13.4. The number of nitrogens with one attached hydrogen (secondary N) is 2. The van der Waals surface area contributed by atoms with Gasteiger partial charge >= 0.3 is 11.5 Å². The molecule has 2 heterocycles. The predicted molar refractivity (Wildman–Crippen MR) is 280 cm³/mol. The summed E-state index contributed by atoms with van der Waals surface area (Å²) < 4.78 is 35.5. The number of carbonyl (C=O) groups excluding carboxylic acids is 2. The van der Waals surface area contributed by atoms with Crippen LogP contribution in [0, 0.1) is 22.5 Å². The molecule has 4 atom stereocenters. The highest BCUT2D eigenvalue weighted by Crippen LogP contribution is 2.58. The summed E-state index contributed by atoms with van der Waals surface area (Å²) >= 11 is 4.83. The van der Waals surface area contributed by atoms with Crippen LogP contribution in [0.15, 0.2) is 121 Å². The van der Waals surface area contributed by atoms with E-state index < -0.39 is 22.7 Å². The quantitative estimate of drug-likeness (QED) is 0.0603. The van der Waals surface area contributed by atoms with Gasteiger partial charge in [0.05, 0.1) is 59.5 Å². The molecule has 392 valence electrons. The zero-order valence-electron chi connectivity index (χ0n) is 42.6. The van der Waals surface area contributed by atoms with E-state index in [1.807, 2.05) is 40.0 Å². The largest absolute Gasteiger partial charge is 1.00 e. The zero-order chi connectivity index (χ0) is 52.0. The molecule has 0 unspecified atom stereocenters. The number of nitrogens with zero attached hydrogens (tertiary/aromatic N) is 4. The Labute approximate surface area is 443 Å². The number of halogens is 4. The number of hydrogen-bond acceptors (Lipinski definition) is 7. The van der Waals surface area contributed by atoms with Crippen LogP contribution in [0.4, 0.5) is 18.4 Å². The van der Waals surface area contributed by atoms with Crippen LogP contribution in [0.3, 0.4) is 0 Å². The van der Waals surface area contributed by atoms with Crippen molar-refractivity contribution in [1.29, 1.82) is 0 Å². The average Bonchev–Trinajstić information content (AvgIpc) is 4.12. The fourth-order valence-corrected chi connectivity index (χ4v) is 11.6. The molecule has 12 nitrogen and oxygen atoms in total. The molecule has 10 rings (SSSR count). The summed E-state index contributed by atoms with van der Waals surface area (Å²) in [4.78, 5) is 21.4. The topological polar surface area (TPSA) is 171 Å². The fourth-order valence-electron chi connectivity index (χ4n) is 11.4. The second-order valence-electron chi connectivity index (χ2n) is 20.0. The van der Waals surface area contributed by atoms with Crippen molar-refractivity contribution in [3.05, 3.63) is 177 Å². The van der Waals surface area contributed by atoms with E-state index >= 15 is 0 Å². The summed E-state index contributed by atoms with van der Waals surface area (Å²) in [5.41, 5.74) is 14.9. The normalized spacial score (nSPS) is 21.9. The van der Waals surface area contributed by atoms with Gasteiger partial charge in [0.25, 0.3) is 0 Å². The molecule has 7 N–H and O–H groups in total. The van der Waals surface area contributed by atoms with Crippen molar-refractivity contribution in [3.63, 3.8) is 0 Å². The first-order chi connectivity index (χ1) is 35.0. The third-order valence-electron chi connectivity index (χ3n) is 15.8.